The summed E-state index contributed by atoms with van der Waals surface area (Å²) >= 11 is 0. The summed E-state index contributed by atoms with van der Waals surface area (Å²) < 4.78 is 0. The highest BCUT2D eigenvalue weighted by atomic mass is 16.3. The quantitative estimate of drug-likeness (QED) is 0.350. The molecule has 3 rings (SSSR count). The molecule has 0 heterocycles. The van der Waals surface area contributed by atoms with Gasteiger partial charge in [-0.1, -0.05) is 162 Å². The number of phenolic OH excluding ortho intramolecular Hbond substituents is 2. The van der Waals surface area contributed by atoms with E-state index in [1.165, 1.54) is 12.8 Å². The van der Waals surface area contributed by atoms with Gasteiger partial charge in [0.25, 0.3) is 0 Å². The maximum Gasteiger partial charge on any atom is 0.115 e. The van der Waals surface area contributed by atoms with Crippen LogP contribution in [-0.2, 0) is 0 Å². The summed E-state index contributed by atoms with van der Waals surface area (Å²) in [6, 6.07) is 29.4. The van der Waals surface area contributed by atoms with E-state index in [1.54, 1.807) is 48.5 Å². The van der Waals surface area contributed by atoms with Crippen molar-refractivity contribution in [1.29, 1.82) is 0 Å². The second kappa shape index (κ2) is 51.7. The van der Waals surface area contributed by atoms with Crippen molar-refractivity contribution in [3.05, 3.63) is 97.1 Å². The van der Waals surface area contributed by atoms with E-state index < -0.39 is 0 Å². The number of para-hydroxylation sites is 2. The maximum atomic E-state index is 8.63. The van der Waals surface area contributed by atoms with Crippen LogP contribution in [0.2, 0.25) is 0 Å². The molecular formula is C31H56O2. The Bertz CT molecular complexity index is 500. The van der Waals surface area contributed by atoms with Gasteiger partial charge >= 0.3 is 0 Å². The van der Waals surface area contributed by atoms with Gasteiger partial charge in [0, 0.05) is 0 Å². The van der Waals surface area contributed by atoms with E-state index in [1.807, 2.05) is 90.1 Å². The lowest BCUT2D eigenvalue weighted by Gasteiger charge is -1.82. The molecule has 0 fully saturated rings. The summed E-state index contributed by atoms with van der Waals surface area (Å²) in [7, 11) is 0. The van der Waals surface area contributed by atoms with Crippen molar-refractivity contribution in [2.24, 2.45) is 0 Å². The molecule has 3 aromatic carbocycles. The lowest BCUT2D eigenvalue weighted by Crippen LogP contribution is -1.56. The third kappa shape index (κ3) is 58.6. The Morgan fingerprint density at radius 2 is 0.515 bits per heavy atom. The van der Waals surface area contributed by atoms with E-state index in [-0.39, 0.29) is 7.43 Å². The van der Waals surface area contributed by atoms with Crippen LogP contribution in [0.25, 0.3) is 0 Å². The maximum absolute atomic E-state index is 8.63. The highest BCUT2D eigenvalue weighted by molar-refractivity contribution is 5.19. The molecule has 33 heavy (non-hydrogen) atoms. The minimum atomic E-state index is 0. The van der Waals surface area contributed by atoms with Crippen LogP contribution < -0.4 is 0 Å². The predicted molar refractivity (Wildman–Crippen MR) is 155 cm³/mol. The van der Waals surface area contributed by atoms with Gasteiger partial charge in [0.15, 0.2) is 0 Å². The van der Waals surface area contributed by atoms with Crippen LogP contribution in [-0.4, -0.2) is 10.2 Å². The Morgan fingerprint density at radius 1 is 0.394 bits per heavy atom. The van der Waals surface area contributed by atoms with E-state index in [9.17, 15) is 0 Å². The minimum Gasteiger partial charge on any atom is -0.508 e. The van der Waals surface area contributed by atoms with E-state index in [2.05, 4.69) is 27.7 Å². The Labute approximate surface area is 208 Å². The fourth-order valence-corrected chi connectivity index (χ4v) is 1.24. The molecule has 2 nitrogen and oxygen atoms in total. The number of rotatable bonds is 0. The third-order valence-corrected chi connectivity index (χ3v) is 2.18. The molecule has 0 aliphatic rings. The van der Waals surface area contributed by atoms with Gasteiger partial charge in [-0.25, -0.2) is 0 Å². The molecule has 0 bridgehead atoms. The van der Waals surface area contributed by atoms with Gasteiger partial charge in [0.2, 0.25) is 0 Å². The monoisotopic (exact) mass is 460 g/mol. The number of phenols is 2. The highest BCUT2D eigenvalue weighted by Gasteiger charge is 1.75. The van der Waals surface area contributed by atoms with Crippen LogP contribution >= 0.6 is 0 Å². The van der Waals surface area contributed by atoms with Gasteiger partial charge in [-0.3, -0.25) is 0 Å². The fraction of sp³-hybridized carbons (Fsp3) is 0.419. The van der Waals surface area contributed by atoms with Crippen LogP contribution in [0.3, 0.4) is 0 Å². The summed E-state index contributed by atoms with van der Waals surface area (Å²) in [6.07, 6.45) is 2.50. The average Bonchev–Trinajstić information content (AvgIpc) is 2.87. The van der Waals surface area contributed by atoms with Crippen LogP contribution in [0, 0.1) is 0 Å². The lowest BCUT2D eigenvalue weighted by atomic mass is 10.3. The highest BCUT2D eigenvalue weighted by Crippen LogP contribution is 2.03. The van der Waals surface area contributed by atoms with E-state index in [4.69, 9.17) is 10.2 Å². The number of aromatic hydroxyl groups is 2. The van der Waals surface area contributed by atoms with Crippen LogP contribution in [0.4, 0.5) is 0 Å². The van der Waals surface area contributed by atoms with Gasteiger partial charge in [-0.15, -0.1) is 0 Å². The summed E-state index contributed by atoms with van der Waals surface area (Å²) in [5.74, 6) is 0.644. The minimum absolute atomic E-state index is 0. The SMILES string of the molecule is C.CC.CC.CC.CCC.CCC.Oc1ccccc1.Oc1ccccc1.c1ccccc1. The molecule has 0 aliphatic carbocycles. The van der Waals surface area contributed by atoms with E-state index in [0.29, 0.717) is 11.5 Å². The molecule has 0 saturated heterocycles. The van der Waals surface area contributed by atoms with Crippen molar-refractivity contribution in [2.45, 2.75) is 89.5 Å². The fourth-order valence-electron chi connectivity index (χ4n) is 1.24. The Balaban J connectivity index is -0.0000000669. The zero-order valence-electron chi connectivity index (χ0n) is 22.5. The first-order valence-corrected chi connectivity index (χ1v) is 12.1. The lowest BCUT2D eigenvalue weighted by molar-refractivity contribution is 0.475. The molecule has 0 amide bonds. The summed E-state index contributed by atoms with van der Waals surface area (Å²) in [6.45, 7) is 20.5. The van der Waals surface area contributed by atoms with Crippen molar-refractivity contribution in [2.75, 3.05) is 0 Å². The number of hydrogen-bond acceptors (Lipinski definition) is 2. The van der Waals surface area contributed by atoms with Crippen molar-refractivity contribution in [3.63, 3.8) is 0 Å². The standard InChI is InChI=1S/2C6H6O.C6H6.2C3H8.3C2H6.CH4/c2*7-6-4-2-1-3-5-6;1-2-4-6-5-3-1;2*1-3-2;3*1-2;/h2*1-5,7H;1-6H;2*3H2,1-2H3;3*1-2H3;1H4. The topological polar surface area (TPSA) is 40.5 Å². The van der Waals surface area contributed by atoms with Crippen molar-refractivity contribution < 1.29 is 10.2 Å². The van der Waals surface area contributed by atoms with Gasteiger partial charge in [0.1, 0.15) is 11.5 Å². The molecule has 0 saturated carbocycles. The van der Waals surface area contributed by atoms with Crippen LogP contribution in [0.5, 0.6) is 11.5 Å². The average molecular weight is 461 g/mol. The Morgan fingerprint density at radius 3 is 0.606 bits per heavy atom. The van der Waals surface area contributed by atoms with Gasteiger partial charge in [-0.2, -0.15) is 0 Å². The molecule has 3 aromatic rings. The molecule has 0 unspecified atom stereocenters. The van der Waals surface area contributed by atoms with Gasteiger partial charge in [0.05, 0.1) is 0 Å². The molecule has 2 N–H and O–H groups in total. The number of hydrogen-bond donors (Lipinski definition) is 2. The molecular weight excluding hydrogens is 404 g/mol. The normalized spacial score (nSPS) is 6.73. The second-order valence-electron chi connectivity index (χ2n) is 5.24. The van der Waals surface area contributed by atoms with Crippen molar-refractivity contribution in [3.8, 4) is 11.5 Å². The zero-order valence-corrected chi connectivity index (χ0v) is 22.5. The third-order valence-electron chi connectivity index (χ3n) is 2.18. The van der Waals surface area contributed by atoms with E-state index in [0.717, 1.165) is 0 Å². The molecule has 0 aromatic heterocycles. The van der Waals surface area contributed by atoms with Crippen molar-refractivity contribution >= 4 is 0 Å². The second-order valence-corrected chi connectivity index (χ2v) is 5.24. The van der Waals surface area contributed by atoms with Gasteiger partial charge in [-0.05, 0) is 24.3 Å². The smallest absolute Gasteiger partial charge is 0.115 e. The Hall–Kier alpha value is -2.74. The largest absolute Gasteiger partial charge is 0.508 e. The summed E-state index contributed by atoms with van der Waals surface area (Å²) in [5, 5.41) is 17.3. The first kappa shape index (κ1) is 44.0. The van der Waals surface area contributed by atoms with Crippen LogP contribution in [0.15, 0.2) is 97.1 Å². The summed E-state index contributed by atoms with van der Waals surface area (Å²) in [5.41, 5.74) is 0. The molecule has 0 radical (unpaired) electrons. The molecule has 0 atom stereocenters. The number of benzene rings is 3. The molecule has 192 valence electrons. The predicted octanol–water partition coefficient (Wildman–Crippen LogP) is 11.0. The molecule has 0 aliphatic heterocycles. The first-order chi connectivity index (χ1) is 15.6. The first-order valence-electron chi connectivity index (χ1n) is 12.1. The zero-order chi connectivity index (χ0) is 25.9. The van der Waals surface area contributed by atoms with E-state index >= 15 is 0 Å². The molecule has 0 spiro atoms. The van der Waals surface area contributed by atoms with Gasteiger partial charge < -0.3 is 10.2 Å². The molecule has 2 heteroatoms. The van der Waals surface area contributed by atoms with Crippen molar-refractivity contribution in [1.82, 2.24) is 0 Å². The Kier molecular flexibility index (Phi) is 69.0. The van der Waals surface area contributed by atoms with Crippen LogP contribution in [0.1, 0.15) is 89.5 Å². The summed E-state index contributed by atoms with van der Waals surface area (Å²) in [4.78, 5) is 0.